The molecular formula is C29H41ClIN5O. The summed E-state index contributed by atoms with van der Waals surface area (Å²) in [5.41, 5.74) is 3.69. The van der Waals surface area contributed by atoms with Crippen molar-refractivity contribution in [3.8, 4) is 0 Å². The molecule has 1 amide bonds. The van der Waals surface area contributed by atoms with E-state index in [1.807, 2.05) is 0 Å². The van der Waals surface area contributed by atoms with Gasteiger partial charge in [0.25, 0.3) is 0 Å². The van der Waals surface area contributed by atoms with E-state index < -0.39 is 0 Å². The van der Waals surface area contributed by atoms with Crippen LogP contribution >= 0.6 is 34.2 Å². The van der Waals surface area contributed by atoms with Crippen LogP contribution in [0.15, 0.2) is 30.1 Å². The highest BCUT2D eigenvalue weighted by Gasteiger charge is 2.34. The summed E-state index contributed by atoms with van der Waals surface area (Å²) >= 11 is 8.88. The van der Waals surface area contributed by atoms with Gasteiger partial charge < -0.3 is 14.7 Å². The lowest BCUT2D eigenvalue weighted by atomic mass is 9.89. The van der Waals surface area contributed by atoms with E-state index in [-0.39, 0.29) is 17.2 Å². The fourth-order valence-electron chi connectivity index (χ4n) is 6.55. The highest BCUT2D eigenvalue weighted by molar-refractivity contribution is 14.1. The first-order chi connectivity index (χ1) is 17.9. The molecule has 0 N–H and O–H groups in total. The summed E-state index contributed by atoms with van der Waals surface area (Å²) < 4.78 is 0.731. The summed E-state index contributed by atoms with van der Waals surface area (Å²) in [7, 11) is 0. The van der Waals surface area contributed by atoms with Gasteiger partial charge in [0.05, 0.1) is 11.3 Å². The average molecular weight is 638 g/mol. The van der Waals surface area contributed by atoms with Gasteiger partial charge in [0.2, 0.25) is 5.91 Å². The largest absolute Gasteiger partial charge is 0.353 e. The first-order valence-corrected chi connectivity index (χ1v) is 15.8. The third-order valence-corrected chi connectivity index (χ3v) is 9.56. The number of piperidine rings is 1. The molecule has 4 atom stereocenters. The maximum absolute atomic E-state index is 14.0. The lowest BCUT2D eigenvalue weighted by molar-refractivity contribution is -0.135. The molecule has 4 aliphatic rings. The van der Waals surface area contributed by atoms with E-state index in [0.717, 1.165) is 86.3 Å². The molecule has 6 nitrogen and oxygen atoms in total. The second-order valence-electron chi connectivity index (χ2n) is 11.4. The molecule has 1 aromatic heterocycles. The number of allylic oxidation sites excluding steroid dienone is 3. The van der Waals surface area contributed by atoms with Crippen LogP contribution in [0, 0.1) is 11.8 Å². The molecule has 8 heteroatoms. The first kappa shape index (κ1) is 27.4. The van der Waals surface area contributed by atoms with Crippen LogP contribution in [0.25, 0.3) is 0 Å². The van der Waals surface area contributed by atoms with Crippen molar-refractivity contribution in [3.63, 3.8) is 0 Å². The van der Waals surface area contributed by atoms with Crippen LogP contribution in [0.2, 0.25) is 0 Å². The van der Waals surface area contributed by atoms with Crippen LogP contribution in [0.3, 0.4) is 0 Å². The van der Waals surface area contributed by atoms with E-state index in [1.165, 1.54) is 30.5 Å². The Bertz CT molecular complexity index is 1010. The molecule has 2 aliphatic heterocycles. The van der Waals surface area contributed by atoms with Crippen LogP contribution in [-0.2, 0) is 11.2 Å². The van der Waals surface area contributed by atoms with Crippen LogP contribution in [0.1, 0.15) is 63.1 Å². The number of carbonyl (C=O) groups excluding carboxylic acids is 1. The quantitative estimate of drug-likeness (QED) is 0.304. The number of fused-ring (bicyclic) bond motifs is 1. The number of likely N-dealkylation sites (tertiary alicyclic amines) is 1. The monoisotopic (exact) mass is 637 g/mol. The molecule has 202 valence electrons. The van der Waals surface area contributed by atoms with Crippen LogP contribution in [0.5, 0.6) is 0 Å². The van der Waals surface area contributed by atoms with Crippen molar-refractivity contribution in [2.24, 2.45) is 11.8 Å². The van der Waals surface area contributed by atoms with Crippen LogP contribution in [-0.4, -0.2) is 80.8 Å². The zero-order valence-electron chi connectivity index (χ0n) is 22.3. The Balaban J connectivity index is 1.24. The Labute approximate surface area is 241 Å². The predicted octanol–water partition coefficient (Wildman–Crippen LogP) is 5.21. The Kier molecular flexibility index (Phi) is 9.12. The van der Waals surface area contributed by atoms with Crippen LogP contribution in [0.4, 0.5) is 5.82 Å². The summed E-state index contributed by atoms with van der Waals surface area (Å²) in [6.45, 7) is 10.7. The number of alkyl halides is 2. The maximum atomic E-state index is 14.0. The van der Waals surface area contributed by atoms with Crippen LogP contribution < -0.4 is 4.90 Å². The van der Waals surface area contributed by atoms with E-state index in [4.69, 9.17) is 11.6 Å². The van der Waals surface area contributed by atoms with Crippen molar-refractivity contribution >= 4 is 45.9 Å². The Hall–Kier alpha value is -1.19. The van der Waals surface area contributed by atoms with Gasteiger partial charge in [0, 0.05) is 47.9 Å². The summed E-state index contributed by atoms with van der Waals surface area (Å²) in [5, 5.41) is 0.0334. The molecule has 0 saturated carbocycles. The van der Waals surface area contributed by atoms with Gasteiger partial charge in [-0.05, 0) is 69.0 Å². The highest BCUT2D eigenvalue weighted by Crippen LogP contribution is 2.37. The number of amides is 1. The number of aromatic nitrogens is 2. The molecule has 0 aromatic carbocycles. The molecule has 0 spiro atoms. The second-order valence-corrected chi connectivity index (χ2v) is 14.1. The molecule has 1 aromatic rings. The number of hydrogen-bond acceptors (Lipinski definition) is 5. The van der Waals surface area contributed by atoms with Crippen molar-refractivity contribution < 1.29 is 4.79 Å². The van der Waals surface area contributed by atoms with Gasteiger partial charge in [0.15, 0.2) is 0 Å². The lowest BCUT2D eigenvalue weighted by Gasteiger charge is -2.40. The van der Waals surface area contributed by atoms with Crippen molar-refractivity contribution in [1.29, 1.82) is 0 Å². The number of rotatable bonds is 7. The zero-order chi connectivity index (χ0) is 25.9. The number of anilines is 1. The number of carbonyl (C=O) groups is 1. The fourth-order valence-corrected chi connectivity index (χ4v) is 7.43. The molecule has 0 bridgehead atoms. The molecular weight excluding hydrogens is 597 g/mol. The zero-order valence-corrected chi connectivity index (χ0v) is 25.2. The van der Waals surface area contributed by atoms with Gasteiger partial charge in [-0.25, -0.2) is 9.97 Å². The van der Waals surface area contributed by atoms with Gasteiger partial charge >= 0.3 is 0 Å². The van der Waals surface area contributed by atoms with E-state index in [1.54, 1.807) is 6.33 Å². The minimum absolute atomic E-state index is 0.0334. The lowest BCUT2D eigenvalue weighted by Crippen LogP contribution is -2.52. The van der Waals surface area contributed by atoms with Crippen molar-refractivity contribution in [2.45, 2.75) is 67.6 Å². The predicted molar refractivity (Wildman–Crippen MR) is 160 cm³/mol. The van der Waals surface area contributed by atoms with Gasteiger partial charge in [0.1, 0.15) is 12.1 Å². The number of halogens is 2. The fraction of sp³-hybridized carbons (Fsp3) is 0.690. The van der Waals surface area contributed by atoms with Gasteiger partial charge in [-0.15, -0.1) is 11.6 Å². The highest BCUT2D eigenvalue weighted by atomic mass is 127. The second kappa shape index (κ2) is 12.3. The molecule has 37 heavy (non-hydrogen) atoms. The normalized spacial score (nSPS) is 26.6. The minimum atomic E-state index is -0.115. The molecule has 2 saturated heterocycles. The summed E-state index contributed by atoms with van der Waals surface area (Å²) in [4.78, 5) is 30.2. The number of nitrogens with zero attached hydrogens (tertiary/aromatic N) is 5. The standard InChI is InChI=1S/C29H41ClIN5O/c1-20-3-8-26-27(20)28(33-19-32-26)35-13-15-36(16-14-35)29(37)25(23-4-6-24(30)7-5-23)18-34-11-9-22(10-12-34)17-21(2)31/h4-6,19-22,24-25H,3,7-18H2,1-2H3/t20-,21?,24?,25+/m1/s1. The topological polar surface area (TPSA) is 52.6 Å². The van der Waals surface area contributed by atoms with E-state index in [9.17, 15) is 4.79 Å². The van der Waals surface area contributed by atoms with Crippen molar-refractivity contribution in [2.75, 3.05) is 50.7 Å². The molecule has 0 radical (unpaired) electrons. The summed E-state index contributed by atoms with van der Waals surface area (Å²) in [6.07, 6.45) is 14.9. The third-order valence-electron chi connectivity index (χ3n) is 8.73. The summed E-state index contributed by atoms with van der Waals surface area (Å²) in [6, 6.07) is 0. The molecule has 2 aliphatic carbocycles. The van der Waals surface area contributed by atoms with E-state index in [2.05, 4.69) is 79.3 Å². The smallest absolute Gasteiger partial charge is 0.231 e. The Morgan fingerprint density at radius 1 is 1.14 bits per heavy atom. The van der Waals surface area contributed by atoms with Gasteiger partial charge in [-0.1, -0.05) is 54.7 Å². The number of hydrogen-bond donors (Lipinski definition) is 0. The Morgan fingerprint density at radius 3 is 2.57 bits per heavy atom. The minimum Gasteiger partial charge on any atom is -0.353 e. The van der Waals surface area contributed by atoms with E-state index >= 15 is 0 Å². The first-order valence-electron chi connectivity index (χ1n) is 14.1. The summed E-state index contributed by atoms with van der Waals surface area (Å²) in [5.74, 6) is 2.58. The van der Waals surface area contributed by atoms with E-state index in [0.29, 0.717) is 5.92 Å². The Morgan fingerprint density at radius 2 is 1.89 bits per heavy atom. The van der Waals surface area contributed by atoms with Crippen molar-refractivity contribution in [3.05, 3.63) is 41.4 Å². The number of aryl methyl sites for hydroxylation is 1. The van der Waals surface area contributed by atoms with Gasteiger partial charge in [-0.3, -0.25) is 4.79 Å². The molecule has 3 heterocycles. The third kappa shape index (κ3) is 6.52. The number of piperazine rings is 1. The average Bonchev–Trinajstić information content (AvgIpc) is 3.29. The van der Waals surface area contributed by atoms with Crippen molar-refractivity contribution in [1.82, 2.24) is 19.8 Å². The molecule has 5 rings (SSSR count). The maximum Gasteiger partial charge on any atom is 0.231 e. The molecule has 2 fully saturated rings. The SMILES string of the molecule is CC(I)CC1CCN(C[C@H](C(=O)N2CCN(c3ncnc4c3[C@H](C)CC4)CC2)C2=CCC(Cl)C=C2)CC1. The van der Waals surface area contributed by atoms with Gasteiger partial charge in [-0.2, -0.15) is 0 Å². The molecule has 2 unspecified atom stereocenters.